The van der Waals surface area contributed by atoms with Gasteiger partial charge in [-0.2, -0.15) is 0 Å². The number of carbonyl (C=O) groups is 2. The normalized spacial score (nSPS) is 12.2. The minimum absolute atomic E-state index is 0.0283. The Morgan fingerprint density at radius 2 is 2.14 bits per heavy atom. The lowest BCUT2D eigenvalue weighted by Gasteiger charge is -2.24. The lowest BCUT2D eigenvalue weighted by Crippen LogP contribution is -2.34. The number of halogens is 1. The van der Waals surface area contributed by atoms with Gasteiger partial charge in [0.25, 0.3) is 0 Å². The van der Waals surface area contributed by atoms with Crippen LogP contribution in [0.4, 0.5) is 5.69 Å². The van der Waals surface area contributed by atoms with Crippen LogP contribution in [0.2, 0.25) is 0 Å². The van der Waals surface area contributed by atoms with Gasteiger partial charge in [-0.25, -0.2) is 4.79 Å². The maximum absolute atomic E-state index is 11.6. The van der Waals surface area contributed by atoms with Crippen LogP contribution in [0.15, 0.2) is 28.7 Å². The molecule has 21 heavy (non-hydrogen) atoms. The molecule has 0 heterocycles. The molecule has 0 saturated heterocycles. The fraction of sp³-hybridized carbons (Fsp3) is 0.333. The van der Waals surface area contributed by atoms with Gasteiger partial charge in [0.05, 0.1) is 5.92 Å². The number of carboxylic acid groups (broad SMARTS) is 1. The van der Waals surface area contributed by atoms with Crippen LogP contribution in [0.3, 0.4) is 0 Å². The van der Waals surface area contributed by atoms with Crippen molar-refractivity contribution in [2.45, 2.75) is 6.92 Å². The van der Waals surface area contributed by atoms with E-state index in [0.717, 1.165) is 21.8 Å². The summed E-state index contributed by atoms with van der Waals surface area (Å²) in [5.74, 6) is -1.19. The molecule has 6 heteroatoms. The van der Waals surface area contributed by atoms with Crippen LogP contribution >= 0.6 is 15.9 Å². The molecule has 0 saturated carbocycles. The summed E-state index contributed by atoms with van der Waals surface area (Å²) in [6.45, 7) is 2.38. The predicted octanol–water partition coefficient (Wildman–Crippen LogP) is 2.37. The molecule has 1 aromatic rings. The van der Waals surface area contributed by atoms with E-state index in [4.69, 9.17) is 5.11 Å². The average molecular weight is 355 g/mol. The summed E-state index contributed by atoms with van der Waals surface area (Å²) in [5, 5.41) is 11.4. The smallest absolute Gasteiger partial charge is 0.328 e. The predicted molar refractivity (Wildman–Crippen MR) is 87.3 cm³/mol. The molecule has 0 aliphatic rings. The lowest BCUT2D eigenvalue weighted by atomic mass is 10.1. The molecule has 0 spiro atoms. The van der Waals surface area contributed by atoms with E-state index in [1.807, 2.05) is 37.1 Å². The minimum Gasteiger partial charge on any atom is -0.478 e. The summed E-state index contributed by atoms with van der Waals surface area (Å²) >= 11 is 3.41. The minimum atomic E-state index is -0.995. The molecule has 0 aliphatic heterocycles. The van der Waals surface area contributed by atoms with Crippen LogP contribution in [-0.2, 0) is 9.59 Å². The molecule has 0 fully saturated rings. The maximum Gasteiger partial charge on any atom is 0.328 e. The van der Waals surface area contributed by atoms with Gasteiger partial charge in [0.15, 0.2) is 0 Å². The SMILES string of the molecule is CNC(=O)C(C)CN(C)c1cc(Br)ccc1/C=C/C(=O)O. The van der Waals surface area contributed by atoms with Crippen molar-refractivity contribution >= 4 is 39.6 Å². The molecule has 114 valence electrons. The Hall–Kier alpha value is -1.82. The number of aliphatic carboxylic acids is 1. The van der Waals surface area contributed by atoms with Gasteiger partial charge in [0, 0.05) is 36.9 Å². The molecule has 0 aromatic heterocycles. The lowest BCUT2D eigenvalue weighted by molar-refractivity contribution is -0.131. The highest BCUT2D eigenvalue weighted by atomic mass is 79.9. The number of hydrogen-bond acceptors (Lipinski definition) is 3. The second kappa shape index (κ2) is 7.83. The summed E-state index contributed by atoms with van der Waals surface area (Å²) in [7, 11) is 3.48. The molecular weight excluding hydrogens is 336 g/mol. The van der Waals surface area contributed by atoms with Gasteiger partial charge in [-0.3, -0.25) is 4.79 Å². The van der Waals surface area contributed by atoms with Gasteiger partial charge in [-0.05, 0) is 23.8 Å². The van der Waals surface area contributed by atoms with Crippen molar-refractivity contribution in [1.29, 1.82) is 0 Å². The van der Waals surface area contributed by atoms with Crippen molar-refractivity contribution in [2.75, 3.05) is 25.5 Å². The van der Waals surface area contributed by atoms with Crippen LogP contribution in [0.1, 0.15) is 12.5 Å². The molecule has 1 amide bonds. The molecule has 0 aliphatic carbocycles. The van der Waals surface area contributed by atoms with E-state index in [1.54, 1.807) is 13.1 Å². The molecule has 2 N–H and O–H groups in total. The summed E-state index contributed by atoms with van der Waals surface area (Å²) in [6.07, 6.45) is 2.65. The van der Waals surface area contributed by atoms with E-state index in [1.165, 1.54) is 0 Å². The quantitative estimate of drug-likeness (QED) is 0.769. The Morgan fingerprint density at radius 3 is 2.71 bits per heavy atom. The van der Waals surface area contributed by atoms with E-state index < -0.39 is 5.97 Å². The maximum atomic E-state index is 11.6. The van der Waals surface area contributed by atoms with Crippen LogP contribution < -0.4 is 10.2 Å². The molecule has 0 bridgehead atoms. The average Bonchev–Trinajstić information content (AvgIpc) is 2.44. The highest BCUT2D eigenvalue weighted by Gasteiger charge is 2.15. The van der Waals surface area contributed by atoms with E-state index >= 15 is 0 Å². The fourth-order valence-electron chi connectivity index (χ4n) is 1.99. The van der Waals surface area contributed by atoms with Gasteiger partial charge in [0.2, 0.25) is 5.91 Å². The molecular formula is C15H19BrN2O3. The van der Waals surface area contributed by atoms with Gasteiger partial charge < -0.3 is 15.3 Å². The zero-order chi connectivity index (χ0) is 16.0. The third kappa shape index (κ3) is 5.23. The first-order chi connectivity index (χ1) is 9.85. The first-order valence-corrected chi connectivity index (χ1v) is 7.27. The molecule has 1 aromatic carbocycles. The number of benzene rings is 1. The Balaban J connectivity index is 3.01. The first-order valence-electron chi connectivity index (χ1n) is 6.48. The Morgan fingerprint density at radius 1 is 1.48 bits per heavy atom. The summed E-state index contributed by atoms with van der Waals surface area (Å²) < 4.78 is 0.893. The summed E-state index contributed by atoms with van der Waals surface area (Å²) in [4.78, 5) is 24.2. The van der Waals surface area contributed by atoms with Gasteiger partial charge in [0.1, 0.15) is 0 Å². The van der Waals surface area contributed by atoms with Crippen molar-refractivity contribution in [3.05, 3.63) is 34.3 Å². The molecule has 1 unspecified atom stereocenters. The number of nitrogens with one attached hydrogen (secondary N) is 1. The van der Waals surface area contributed by atoms with E-state index in [9.17, 15) is 9.59 Å². The van der Waals surface area contributed by atoms with E-state index in [2.05, 4.69) is 21.2 Å². The van der Waals surface area contributed by atoms with Gasteiger partial charge in [-0.1, -0.05) is 28.9 Å². The largest absolute Gasteiger partial charge is 0.478 e. The topological polar surface area (TPSA) is 69.6 Å². The third-order valence-electron chi connectivity index (χ3n) is 3.05. The third-order valence-corrected chi connectivity index (χ3v) is 3.54. The van der Waals surface area contributed by atoms with Gasteiger partial charge >= 0.3 is 5.97 Å². The second-order valence-corrected chi connectivity index (χ2v) is 5.69. The monoisotopic (exact) mass is 354 g/mol. The van der Waals surface area contributed by atoms with Crippen LogP contribution in [0, 0.1) is 5.92 Å². The van der Waals surface area contributed by atoms with Crippen LogP contribution in [-0.4, -0.2) is 37.6 Å². The fourth-order valence-corrected chi connectivity index (χ4v) is 2.34. The molecule has 1 atom stereocenters. The number of nitrogens with zero attached hydrogens (tertiary/aromatic N) is 1. The molecule has 5 nitrogen and oxygen atoms in total. The number of carboxylic acids is 1. The molecule has 1 rings (SSSR count). The Labute approximate surface area is 132 Å². The van der Waals surface area contributed by atoms with Crippen molar-refractivity contribution in [1.82, 2.24) is 5.32 Å². The van der Waals surface area contributed by atoms with Crippen molar-refractivity contribution in [3.63, 3.8) is 0 Å². The zero-order valence-corrected chi connectivity index (χ0v) is 13.8. The molecule has 0 radical (unpaired) electrons. The van der Waals surface area contributed by atoms with E-state index in [0.29, 0.717) is 6.54 Å². The highest BCUT2D eigenvalue weighted by molar-refractivity contribution is 9.10. The summed E-state index contributed by atoms with van der Waals surface area (Å²) in [6, 6.07) is 5.58. The van der Waals surface area contributed by atoms with Gasteiger partial charge in [-0.15, -0.1) is 0 Å². The summed E-state index contributed by atoms with van der Waals surface area (Å²) in [5.41, 5.74) is 1.64. The highest BCUT2D eigenvalue weighted by Crippen LogP contribution is 2.26. The standard InChI is InChI=1S/C15H19BrN2O3/c1-10(15(21)17-2)9-18(3)13-8-12(16)6-4-11(13)5-7-14(19)20/h4-8,10H,9H2,1-3H3,(H,17,21)(H,19,20)/b7-5+. The number of rotatable bonds is 6. The first kappa shape index (κ1) is 17.2. The van der Waals surface area contributed by atoms with Crippen molar-refractivity contribution < 1.29 is 14.7 Å². The number of hydrogen-bond donors (Lipinski definition) is 2. The zero-order valence-electron chi connectivity index (χ0n) is 12.3. The van der Waals surface area contributed by atoms with Crippen LogP contribution in [0.25, 0.3) is 6.08 Å². The Kier molecular flexibility index (Phi) is 6.42. The van der Waals surface area contributed by atoms with Crippen LogP contribution in [0.5, 0.6) is 0 Å². The van der Waals surface area contributed by atoms with Crippen molar-refractivity contribution in [3.8, 4) is 0 Å². The second-order valence-electron chi connectivity index (χ2n) is 4.77. The number of anilines is 1. The Bertz CT molecular complexity index is 558. The number of amides is 1. The number of carbonyl (C=O) groups excluding carboxylic acids is 1. The van der Waals surface area contributed by atoms with Crippen molar-refractivity contribution in [2.24, 2.45) is 5.92 Å². The van der Waals surface area contributed by atoms with E-state index in [-0.39, 0.29) is 11.8 Å².